The Labute approximate surface area is 288 Å². The highest BCUT2D eigenvalue weighted by Gasteiger charge is 2.35. The lowest BCUT2D eigenvalue weighted by Crippen LogP contribution is -2.53. The largest absolute Gasteiger partial charge is 0.480 e. The quantitative estimate of drug-likeness (QED) is 0.194. The average Bonchev–Trinajstić information content (AvgIpc) is 3.54. The van der Waals surface area contributed by atoms with Gasteiger partial charge in [-0.3, -0.25) is 9.59 Å². The number of nitrogens with one attached hydrogen (secondary N) is 2. The molecule has 0 bridgehead atoms. The van der Waals surface area contributed by atoms with E-state index >= 15 is 0 Å². The molecule has 1 saturated heterocycles. The van der Waals surface area contributed by atoms with Crippen LogP contribution in [0.1, 0.15) is 58.1 Å². The van der Waals surface area contributed by atoms with Crippen LogP contribution in [0.5, 0.6) is 0 Å². The molecular weight excluding hydrogens is 654 g/mol. The number of nitrogens with zero attached hydrogens (tertiary/aromatic N) is 1. The summed E-state index contributed by atoms with van der Waals surface area (Å²) in [7, 11) is -4.09. The highest BCUT2D eigenvalue weighted by atomic mass is 32.2. The van der Waals surface area contributed by atoms with E-state index in [4.69, 9.17) is 14.2 Å². The molecule has 0 unspecified atom stereocenters. The smallest absolute Gasteiger partial charge is 0.407 e. The van der Waals surface area contributed by atoms with Gasteiger partial charge in [0.1, 0.15) is 18.2 Å². The zero-order valence-corrected chi connectivity index (χ0v) is 29.6. The van der Waals surface area contributed by atoms with Crippen LogP contribution in [0.4, 0.5) is 4.79 Å². The van der Waals surface area contributed by atoms with Crippen LogP contribution in [0.15, 0.2) is 59.5 Å². The Balaban J connectivity index is 1.94. The molecule has 14 heteroatoms. The summed E-state index contributed by atoms with van der Waals surface area (Å²) in [4.78, 5) is 50.7. The van der Waals surface area contributed by atoms with Crippen LogP contribution in [0.3, 0.4) is 0 Å². The van der Waals surface area contributed by atoms with Gasteiger partial charge in [-0.2, -0.15) is 4.31 Å². The molecular formula is C35H49N3O10S. The van der Waals surface area contributed by atoms with E-state index < -0.39 is 64.7 Å². The Morgan fingerprint density at radius 1 is 0.959 bits per heavy atom. The van der Waals surface area contributed by atoms with Crippen molar-refractivity contribution in [2.45, 2.75) is 89.5 Å². The van der Waals surface area contributed by atoms with E-state index in [1.165, 1.54) is 16.4 Å². The number of carbonyl (C=O) groups excluding carboxylic acids is 3. The Bertz CT molecular complexity index is 1490. The van der Waals surface area contributed by atoms with Gasteiger partial charge in [-0.25, -0.2) is 18.0 Å². The predicted octanol–water partition coefficient (Wildman–Crippen LogP) is 3.69. The number of benzene rings is 2. The maximum atomic E-state index is 14.0. The van der Waals surface area contributed by atoms with Crippen molar-refractivity contribution < 1.29 is 46.9 Å². The molecule has 0 aliphatic carbocycles. The molecule has 49 heavy (non-hydrogen) atoms. The number of carbonyl (C=O) groups is 4. The van der Waals surface area contributed by atoms with Gasteiger partial charge in [0.25, 0.3) is 0 Å². The van der Waals surface area contributed by atoms with Crippen molar-refractivity contribution in [3.05, 3.63) is 65.7 Å². The molecule has 3 N–H and O–H groups in total. The average molecular weight is 704 g/mol. The molecule has 2 amide bonds. The molecule has 1 aliphatic heterocycles. The van der Waals surface area contributed by atoms with Gasteiger partial charge in [0, 0.05) is 19.4 Å². The Hall–Kier alpha value is -4.01. The number of sulfonamides is 1. The Kier molecular flexibility index (Phi) is 15.0. The minimum absolute atomic E-state index is 0.0619. The standard InChI is InChI=1S/C35H49N3O10S/c1-23(2)20-38(49(44,45)28-13-11-25(5)12-14-28)21-30(48-32(40)16-15-31(39)37-33(24(3)4)34(41)42)29(19-26-9-7-6-8-10-26)36-35(43)47-27-17-18-46-22-27/h6-14,23-24,27,29-30,33H,15-22H2,1-5H3,(H,36,43)(H,37,39)(H,41,42)/t27-,29-,30+,33-/m0/s1. The van der Waals surface area contributed by atoms with Crippen molar-refractivity contribution >= 4 is 34.0 Å². The summed E-state index contributed by atoms with van der Waals surface area (Å²) in [6.45, 7) is 9.33. The van der Waals surface area contributed by atoms with E-state index in [2.05, 4.69) is 10.6 Å². The van der Waals surface area contributed by atoms with Gasteiger partial charge in [0.05, 0.1) is 37.1 Å². The van der Waals surface area contributed by atoms with Gasteiger partial charge < -0.3 is 30.0 Å². The zero-order chi connectivity index (χ0) is 36.1. The number of hydrogen-bond acceptors (Lipinski definition) is 9. The minimum atomic E-state index is -4.09. The van der Waals surface area contributed by atoms with Crippen molar-refractivity contribution in [2.75, 3.05) is 26.3 Å². The second-order valence-electron chi connectivity index (χ2n) is 13.0. The van der Waals surface area contributed by atoms with Crippen LogP contribution in [0.2, 0.25) is 0 Å². The summed E-state index contributed by atoms with van der Waals surface area (Å²) in [5, 5.41) is 14.7. The van der Waals surface area contributed by atoms with E-state index in [0.717, 1.165) is 11.1 Å². The summed E-state index contributed by atoms with van der Waals surface area (Å²) in [6.07, 6.45) is -2.55. The fourth-order valence-corrected chi connectivity index (χ4v) is 6.89. The van der Waals surface area contributed by atoms with Crippen molar-refractivity contribution in [3.63, 3.8) is 0 Å². The van der Waals surface area contributed by atoms with Crippen LogP contribution >= 0.6 is 0 Å². The molecule has 270 valence electrons. The highest BCUT2D eigenvalue weighted by Crippen LogP contribution is 2.22. The predicted molar refractivity (Wildman–Crippen MR) is 181 cm³/mol. The number of ether oxygens (including phenoxy) is 3. The molecule has 2 aromatic rings. The fraction of sp³-hybridized carbons (Fsp3) is 0.543. The molecule has 1 heterocycles. The van der Waals surface area contributed by atoms with Crippen LogP contribution in [0, 0.1) is 18.8 Å². The molecule has 4 atom stereocenters. The van der Waals surface area contributed by atoms with Crippen LogP contribution in [-0.2, 0) is 45.0 Å². The number of rotatable bonds is 18. The lowest BCUT2D eigenvalue weighted by molar-refractivity contribution is -0.152. The first kappa shape index (κ1) is 39.4. The Morgan fingerprint density at radius 2 is 1.63 bits per heavy atom. The van der Waals surface area contributed by atoms with E-state index in [-0.39, 0.29) is 49.3 Å². The molecule has 0 aromatic heterocycles. The third-order valence-electron chi connectivity index (χ3n) is 7.91. The SMILES string of the molecule is Cc1ccc(S(=O)(=O)N(CC(C)C)C[C@@H](OC(=O)CCC(=O)N[C@H](C(=O)O)C(C)C)[C@H](Cc2ccccc2)NC(=O)O[C@H]2CCOC2)cc1. The van der Waals surface area contributed by atoms with Gasteiger partial charge in [0.2, 0.25) is 15.9 Å². The molecule has 0 spiro atoms. The number of carboxylic acids is 1. The number of carboxylic acid groups (broad SMARTS) is 1. The van der Waals surface area contributed by atoms with Crippen LogP contribution in [0.25, 0.3) is 0 Å². The highest BCUT2D eigenvalue weighted by molar-refractivity contribution is 7.89. The first-order chi connectivity index (χ1) is 23.1. The van der Waals surface area contributed by atoms with E-state index in [0.29, 0.717) is 13.0 Å². The van der Waals surface area contributed by atoms with E-state index in [1.807, 2.05) is 51.1 Å². The van der Waals surface area contributed by atoms with Gasteiger partial charge in [0.15, 0.2) is 0 Å². The van der Waals surface area contributed by atoms with E-state index in [1.54, 1.807) is 26.0 Å². The van der Waals surface area contributed by atoms with Crippen molar-refractivity contribution in [1.82, 2.24) is 14.9 Å². The van der Waals surface area contributed by atoms with Gasteiger partial charge in [-0.15, -0.1) is 0 Å². The second kappa shape index (κ2) is 18.7. The van der Waals surface area contributed by atoms with Crippen molar-refractivity contribution in [1.29, 1.82) is 0 Å². The summed E-state index contributed by atoms with van der Waals surface area (Å²) in [5.74, 6) is -3.18. The van der Waals surface area contributed by atoms with Gasteiger partial charge in [-0.05, 0) is 42.9 Å². The number of hydrogen-bond donors (Lipinski definition) is 3. The molecule has 13 nitrogen and oxygen atoms in total. The third-order valence-corrected chi connectivity index (χ3v) is 9.76. The monoisotopic (exact) mass is 703 g/mol. The summed E-state index contributed by atoms with van der Waals surface area (Å²) in [5.41, 5.74) is 1.66. The summed E-state index contributed by atoms with van der Waals surface area (Å²) in [6, 6.07) is 13.4. The number of esters is 1. The molecule has 2 aromatic carbocycles. The van der Waals surface area contributed by atoms with Crippen molar-refractivity contribution in [3.8, 4) is 0 Å². The second-order valence-corrected chi connectivity index (χ2v) is 15.0. The number of aliphatic carboxylic acids is 1. The first-order valence-corrected chi connectivity index (χ1v) is 18.0. The maximum absolute atomic E-state index is 14.0. The van der Waals surface area contributed by atoms with Gasteiger partial charge in [-0.1, -0.05) is 75.7 Å². The first-order valence-electron chi connectivity index (χ1n) is 16.5. The topological polar surface area (TPSA) is 178 Å². The molecule has 1 aliphatic rings. The molecule has 0 radical (unpaired) electrons. The van der Waals surface area contributed by atoms with Crippen molar-refractivity contribution in [2.24, 2.45) is 11.8 Å². The normalized spacial score (nSPS) is 16.6. The Morgan fingerprint density at radius 3 is 2.20 bits per heavy atom. The number of aryl methyl sites for hydroxylation is 1. The van der Waals surface area contributed by atoms with Gasteiger partial charge >= 0.3 is 18.0 Å². The number of alkyl carbamates (subject to hydrolysis) is 1. The molecule has 3 rings (SSSR count). The summed E-state index contributed by atoms with van der Waals surface area (Å²) < 4.78 is 46.1. The summed E-state index contributed by atoms with van der Waals surface area (Å²) >= 11 is 0. The molecule has 0 saturated carbocycles. The molecule has 1 fully saturated rings. The van der Waals surface area contributed by atoms with Crippen LogP contribution in [-0.4, -0.2) is 92.4 Å². The van der Waals surface area contributed by atoms with Crippen LogP contribution < -0.4 is 10.6 Å². The minimum Gasteiger partial charge on any atom is -0.480 e. The van der Waals surface area contributed by atoms with E-state index in [9.17, 15) is 32.7 Å². The number of amides is 2. The third kappa shape index (κ3) is 12.8. The zero-order valence-electron chi connectivity index (χ0n) is 28.8. The fourth-order valence-electron chi connectivity index (χ4n) is 5.27. The lowest BCUT2D eigenvalue weighted by atomic mass is 10.0. The maximum Gasteiger partial charge on any atom is 0.407 e. The lowest BCUT2D eigenvalue weighted by Gasteiger charge is -2.33.